The van der Waals surface area contributed by atoms with Crippen LogP contribution in [0.15, 0.2) is 53.7 Å². The number of fused-ring (bicyclic) bond motifs is 5. The van der Waals surface area contributed by atoms with E-state index < -0.39 is 0 Å². The Kier molecular flexibility index (Phi) is 3.61. The Morgan fingerprint density at radius 3 is 2.58 bits per heavy atom. The number of carbonyl (C=O) groups is 1. The lowest BCUT2D eigenvalue weighted by atomic mass is 10.2. The molecule has 0 aliphatic rings. The molecule has 0 aliphatic carbocycles. The van der Waals surface area contributed by atoms with E-state index in [1.807, 2.05) is 59.9 Å². The zero-order chi connectivity index (χ0) is 16.7. The number of benzene rings is 2. The number of rotatable bonds is 3. The fourth-order valence-corrected chi connectivity index (χ4v) is 3.79. The number of hydrogen-bond donors (Lipinski definition) is 1. The van der Waals surface area contributed by atoms with E-state index in [1.165, 1.54) is 11.8 Å². The first kappa shape index (κ1) is 15.0. The third kappa shape index (κ3) is 2.30. The van der Waals surface area contributed by atoms with Crippen molar-refractivity contribution in [2.75, 3.05) is 7.05 Å². The Labute approximate surface area is 143 Å². The average Bonchev–Trinajstić information content (AvgIpc) is 3.01. The smallest absolute Gasteiger partial charge is 0.233 e. The molecule has 4 rings (SSSR count). The van der Waals surface area contributed by atoms with Crippen LogP contribution in [0.5, 0.6) is 0 Å². The number of para-hydroxylation sites is 3. The van der Waals surface area contributed by atoms with E-state index in [0.29, 0.717) is 0 Å². The van der Waals surface area contributed by atoms with Gasteiger partial charge >= 0.3 is 0 Å². The maximum Gasteiger partial charge on any atom is 0.233 e. The molecule has 2 aromatic heterocycles. The summed E-state index contributed by atoms with van der Waals surface area (Å²) in [5.74, 6) is -0.0208. The van der Waals surface area contributed by atoms with Gasteiger partial charge in [-0.1, -0.05) is 36.0 Å². The molecule has 0 radical (unpaired) electrons. The van der Waals surface area contributed by atoms with Gasteiger partial charge in [0, 0.05) is 12.4 Å². The SMILES string of the molecule is CNC(=O)[C@@H](C)Sc1nc2ccccc2c2nc3ccccc3n12. The maximum absolute atomic E-state index is 11.9. The third-order valence-corrected chi connectivity index (χ3v) is 5.06. The van der Waals surface area contributed by atoms with E-state index in [9.17, 15) is 4.79 Å². The fourth-order valence-electron chi connectivity index (χ4n) is 2.81. The summed E-state index contributed by atoms with van der Waals surface area (Å²) in [6, 6.07) is 15.9. The normalized spacial score (nSPS) is 12.8. The number of nitrogens with one attached hydrogen (secondary N) is 1. The highest BCUT2D eigenvalue weighted by atomic mass is 32.2. The van der Waals surface area contributed by atoms with Crippen LogP contribution in [-0.4, -0.2) is 32.6 Å². The van der Waals surface area contributed by atoms with Crippen LogP contribution >= 0.6 is 11.8 Å². The quantitative estimate of drug-likeness (QED) is 0.461. The zero-order valence-corrected chi connectivity index (χ0v) is 14.2. The van der Waals surface area contributed by atoms with Crippen molar-refractivity contribution in [2.24, 2.45) is 0 Å². The van der Waals surface area contributed by atoms with Gasteiger partial charge in [-0.15, -0.1) is 0 Å². The van der Waals surface area contributed by atoms with Gasteiger partial charge in [-0.2, -0.15) is 0 Å². The van der Waals surface area contributed by atoms with Gasteiger partial charge in [-0.25, -0.2) is 9.97 Å². The Morgan fingerprint density at radius 1 is 1.08 bits per heavy atom. The summed E-state index contributed by atoms with van der Waals surface area (Å²) < 4.78 is 2.04. The second kappa shape index (κ2) is 5.79. The van der Waals surface area contributed by atoms with E-state index in [2.05, 4.69) is 5.32 Å². The number of carbonyl (C=O) groups excluding carboxylic acids is 1. The molecular weight excluding hydrogens is 320 g/mol. The summed E-state index contributed by atoms with van der Waals surface area (Å²) in [7, 11) is 1.65. The topological polar surface area (TPSA) is 59.3 Å². The van der Waals surface area contributed by atoms with E-state index in [-0.39, 0.29) is 11.2 Å². The largest absolute Gasteiger partial charge is 0.358 e. The highest BCUT2D eigenvalue weighted by Crippen LogP contribution is 2.30. The van der Waals surface area contributed by atoms with Gasteiger partial charge in [0.25, 0.3) is 0 Å². The fraction of sp³-hybridized carbons (Fsp3) is 0.167. The van der Waals surface area contributed by atoms with Gasteiger partial charge in [0.15, 0.2) is 5.16 Å². The highest BCUT2D eigenvalue weighted by Gasteiger charge is 2.19. The molecule has 1 atom stereocenters. The lowest BCUT2D eigenvalue weighted by molar-refractivity contribution is -0.119. The van der Waals surface area contributed by atoms with Gasteiger partial charge in [-0.05, 0) is 31.2 Å². The summed E-state index contributed by atoms with van der Waals surface area (Å²) >= 11 is 1.44. The number of amides is 1. The van der Waals surface area contributed by atoms with Gasteiger partial charge in [0.1, 0.15) is 5.65 Å². The minimum absolute atomic E-state index is 0.0208. The molecule has 1 amide bonds. The van der Waals surface area contributed by atoms with Gasteiger partial charge < -0.3 is 5.32 Å². The monoisotopic (exact) mass is 336 g/mol. The molecule has 120 valence electrons. The second-order valence-corrected chi connectivity index (χ2v) is 6.85. The molecule has 4 aromatic rings. The summed E-state index contributed by atoms with van der Waals surface area (Å²) in [5, 5.41) is 4.22. The number of thioether (sulfide) groups is 1. The van der Waals surface area contributed by atoms with Crippen molar-refractivity contribution < 1.29 is 4.79 Å². The first-order valence-corrected chi connectivity index (χ1v) is 8.61. The van der Waals surface area contributed by atoms with Crippen LogP contribution in [0.1, 0.15) is 6.92 Å². The molecule has 0 unspecified atom stereocenters. The Bertz CT molecular complexity index is 1070. The molecule has 0 saturated carbocycles. The third-order valence-electron chi connectivity index (χ3n) is 4.01. The predicted molar refractivity (Wildman–Crippen MR) is 97.4 cm³/mol. The number of aromatic nitrogens is 3. The number of nitrogens with zero attached hydrogens (tertiary/aromatic N) is 3. The molecule has 2 aromatic carbocycles. The molecule has 0 fully saturated rings. The molecule has 0 spiro atoms. The van der Waals surface area contributed by atoms with E-state index in [4.69, 9.17) is 9.97 Å². The molecule has 5 nitrogen and oxygen atoms in total. The molecule has 0 aliphatic heterocycles. The van der Waals surface area contributed by atoms with Crippen LogP contribution in [0.25, 0.3) is 27.6 Å². The van der Waals surface area contributed by atoms with Crippen molar-refractivity contribution in [1.29, 1.82) is 0 Å². The van der Waals surface area contributed by atoms with Crippen LogP contribution in [0, 0.1) is 0 Å². The molecule has 1 N–H and O–H groups in total. The first-order valence-electron chi connectivity index (χ1n) is 7.73. The van der Waals surface area contributed by atoms with Crippen LogP contribution < -0.4 is 5.32 Å². The van der Waals surface area contributed by atoms with Gasteiger partial charge in [-0.3, -0.25) is 9.20 Å². The molecule has 6 heteroatoms. The molecule has 0 saturated heterocycles. The first-order chi connectivity index (χ1) is 11.7. The molecule has 2 heterocycles. The standard InChI is InChI=1S/C18H16N4OS/c1-11(17(23)19-2)24-18-21-13-8-4-3-7-12(13)16-20-14-9-5-6-10-15(14)22(16)18/h3-11H,1-2H3,(H,19,23)/t11-/m1/s1. The van der Waals surface area contributed by atoms with E-state index >= 15 is 0 Å². The summed E-state index contributed by atoms with van der Waals surface area (Å²) in [5.41, 5.74) is 3.67. The highest BCUT2D eigenvalue weighted by molar-refractivity contribution is 8.00. The van der Waals surface area contributed by atoms with Crippen molar-refractivity contribution in [3.8, 4) is 0 Å². The predicted octanol–water partition coefficient (Wildman–Crippen LogP) is 3.26. The number of imidazole rings is 1. The van der Waals surface area contributed by atoms with Crippen molar-refractivity contribution >= 4 is 45.3 Å². The molecule has 24 heavy (non-hydrogen) atoms. The van der Waals surface area contributed by atoms with Crippen LogP contribution in [0.4, 0.5) is 0 Å². The Balaban J connectivity index is 2.04. The minimum atomic E-state index is -0.243. The van der Waals surface area contributed by atoms with Gasteiger partial charge in [0.05, 0.1) is 21.8 Å². The van der Waals surface area contributed by atoms with Crippen molar-refractivity contribution in [2.45, 2.75) is 17.3 Å². The Morgan fingerprint density at radius 2 is 1.79 bits per heavy atom. The van der Waals surface area contributed by atoms with Crippen molar-refractivity contribution in [3.63, 3.8) is 0 Å². The summed E-state index contributed by atoms with van der Waals surface area (Å²) in [6.45, 7) is 1.88. The maximum atomic E-state index is 11.9. The van der Waals surface area contributed by atoms with Crippen molar-refractivity contribution in [3.05, 3.63) is 48.5 Å². The van der Waals surface area contributed by atoms with Crippen molar-refractivity contribution in [1.82, 2.24) is 19.7 Å². The average molecular weight is 336 g/mol. The summed E-state index contributed by atoms with van der Waals surface area (Å²) in [4.78, 5) is 21.5. The summed E-state index contributed by atoms with van der Waals surface area (Å²) in [6.07, 6.45) is 0. The van der Waals surface area contributed by atoms with Crippen LogP contribution in [-0.2, 0) is 4.79 Å². The number of hydrogen-bond acceptors (Lipinski definition) is 4. The Hall–Kier alpha value is -2.60. The second-order valence-electron chi connectivity index (χ2n) is 5.55. The zero-order valence-electron chi connectivity index (χ0n) is 13.4. The minimum Gasteiger partial charge on any atom is -0.358 e. The van der Waals surface area contributed by atoms with Gasteiger partial charge in [0.2, 0.25) is 5.91 Å². The lowest BCUT2D eigenvalue weighted by Crippen LogP contribution is -2.27. The molecule has 0 bridgehead atoms. The lowest BCUT2D eigenvalue weighted by Gasteiger charge is -2.12. The van der Waals surface area contributed by atoms with Crippen LogP contribution in [0.2, 0.25) is 0 Å². The van der Waals surface area contributed by atoms with E-state index in [0.717, 1.165) is 32.7 Å². The molecular formula is C18H16N4OS. The van der Waals surface area contributed by atoms with E-state index in [1.54, 1.807) is 7.05 Å². The van der Waals surface area contributed by atoms with Crippen LogP contribution in [0.3, 0.4) is 0 Å².